The first-order valence-corrected chi connectivity index (χ1v) is 12.3. The Morgan fingerprint density at radius 2 is 1.77 bits per heavy atom. The van der Waals surface area contributed by atoms with Crippen LogP contribution in [0, 0.1) is 5.92 Å². The molecular weight excluding hydrogens is 448 g/mol. The maximum atomic E-state index is 13.7. The van der Waals surface area contributed by atoms with Crippen LogP contribution in [-0.4, -0.2) is 42.1 Å². The van der Waals surface area contributed by atoms with E-state index in [9.17, 15) is 14.4 Å². The van der Waals surface area contributed by atoms with Gasteiger partial charge in [-0.2, -0.15) is 0 Å². The smallest absolute Gasteiger partial charge is 0.257 e. The summed E-state index contributed by atoms with van der Waals surface area (Å²) >= 11 is 0. The summed E-state index contributed by atoms with van der Waals surface area (Å²) in [6.45, 7) is 2.81. The largest absolute Gasteiger partial charge is 0.494 e. The van der Waals surface area contributed by atoms with Gasteiger partial charge in [0.1, 0.15) is 11.8 Å². The van der Waals surface area contributed by atoms with E-state index in [0.29, 0.717) is 29.5 Å². The Bertz CT molecular complexity index is 1110. The molecule has 1 saturated heterocycles. The molecule has 2 aromatic rings. The number of benzene rings is 2. The highest BCUT2D eigenvalue weighted by molar-refractivity contribution is 6.23. The van der Waals surface area contributed by atoms with Crippen LogP contribution in [0.5, 0.6) is 17.2 Å². The highest BCUT2D eigenvalue weighted by Crippen LogP contribution is 2.35. The summed E-state index contributed by atoms with van der Waals surface area (Å²) in [6, 6.07) is 11.6. The first kappa shape index (κ1) is 23.2. The number of anilines is 1. The molecule has 0 aromatic heterocycles. The fourth-order valence-electron chi connectivity index (χ4n) is 5.15. The van der Waals surface area contributed by atoms with Crippen molar-refractivity contribution in [3.63, 3.8) is 0 Å². The van der Waals surface area contributed by atoms with Gasteiger partial charge in [0, 0.05) is 12.5 Å². The SMILES string of the molecule is CCOc1ccc(N2C(=O)CC(N(Cc3ccc4c(c3)OCO4)C(=O)C3CCCCC3)C2=O)cc1. The summed E-state index contributed by atoms with van der Waals surface area (Å²) in [4.78, 5) is 43.1. The van der Waals surface area contributed by atoms with Gasteiger partial charge in [-0.25, -0.2) is 4.90 Å². The minimum Gasteiger partial charge on any atom is -0.494 e. The van der Waals surface area contributed by atoms with Crippen molar-refractivity contribution in [3.8, 4) is 17.2 Å². The number of amides is 3. The molecule has 0 N–H and O–H groups in total. The Balaban J connectivity index is 1.41. The second-order valence-electron chi connectivity index (χ2n) is 9.20. The van der Waals surface area contributed by atoms with Gasteiger partial charge in [-0.15, -0.1) is 0 Å². The van der Waals surface area contributed by atoms with E-state index >= 15 is 0 Å². The Labute approximate surface area is 204 Å². The van der Waals surface area contributed by atoms with Gasteiger partial charge in [0.15, 0.2) is 11.5 Å². The quantitative estimate of drug-likeness (QED) is 0.558. The molecule has 184 valence electrons. The predicted molar refractivity (Wildman–Crippen MR) is 128 cm³/mol. The molecule has 2 aromatic carbocycles. The second kappa shape index (κ2) is 9.98. The van der Waals surface area contributed by atoms with Gasteiger partial charge in [-0.1, -0.05) is 25.3 Å². The first-order valence-electron chi connectivity index (χ1n) is 12.3. The fraction of sp³-hybridized carbons (Fsp3) is 0.444. The van der Waals surface area contributed by atoms with Gasteiger partial charge in [-0.05, 0) is 61.7 Å². The highest BCUT2D eigenvalue weighted by Gasteiger charge is 2.45. The van der Waals surface area contributed by atoms with E-state index in [4.69, 9.17) is 14.2 Å². The van der Waals surface area contributed by atoms with Gasteiger partial charge < -0.3 is 19.1 Å². The standard InChI is InChI=1S/C27H30N2O6/c1-2-33-21-11-9-20(10-12-21)29-25(30)15-22(27(29)32)28(26(31)19-6-4-3-5-7-19)16-18-8-13-23-24(14-18)35-17-34-23/h8-14,19,22H,2-7,15-17H2,1H3. The van der Waals surface area contributed by atoms with Crippen molar-refractivity contribution in [2.45, 2.75) is 58.0 Å². The molecule has 2 fully saturated rings. The van der Waals surface area contributed by atoms with Gasteiger partial charge in [0.25, 0.3) is 5.91 Å². The number of fused-ring (bicyclic) bond motifs is 1. The van der Waals surface area contributed by atoms with Crippen LogP contribution in [-0.2, 0) is 20.9 Å². The summed E-state index contributed by atoms with van der Waals surface area (Å²) in [5.74, 6) is 1.09. The second-order valence-corrected chi connectivity index (χ2v) is 9.20. The molecule has 3 amide bonds. The molecule has 1 atom stereocenters. The lowest BCUT2D eigenvalue weighted by Gasteiger charge is -2.32. The molecule has 8 heteroatoms. The van der Waals surface area contributed by atoms with Crippen molar-refractivity contribution in [2.75, 3.05) is 18.3 Å². The molecule has 1 aliphatic carbocycles. The van der Waals surface area contributed by atoms with Crippen molar-refractivity contribution in [1.29, 1.82) is 0 Å². The zero-order valence-corrected chi connectivity index (χ0v) is 19.9. The Kier molecular flexibility index (Phi) is 6.61. The number of carbonyl (C=O) groups is 3. The lowest BCUT2D eigenvalue weighted by molar-refractivity contribution is -0.143. The molecule has 5 rings (SSSR count). The Hall–Kier alpha value is -3.55. The van der Waals surface area contributed by atoms with Gasteiger partial charge in [0.05, 0.1) is 18.7 Å². The molecule has 35 heavy (non-hydrogen) atoms. The molecule has 2 aliphatic heterocycles. The summed E-state index contributed by atoms with van der Waals surface area (Å²) in [6.07, 6.45) is 4.73. The van der Waals surface area contributed by atoms with Crippen LogP contribution in [0.4, 0.5) is 5.69 Å². The summed E-state index contributed by atoms with van der Waals surface area (Å²) in [5.41, 5.74) is 1.32. The van der Waals surface area contributed by atoms with E-state index in [-0.39, 0.29) is 43.4 Å². The number of nitrogens with zero attached hydrogens (tertiary/aromatic N) is 2. The van der Waals surface area contributed by atoms with E-state index in [1.807, 2.05) is 25.1 Å². The Morgan fingerprint density at radius 1 is 1.03 bits per heavy atom. The molecule has 1 unspecified atom stereocenters. The van der Waals surface area contributed by atoms with Crippen molar-refractivity contribution in [1.82, 2.24) is 4.90 Å². The van der Waals surface area contributed by atoms with Gasteiger partial charge in [-0.3, -0.25) is 14.4 Å². The number of imide groups is 1. The van der Waals surface area contributed by atoms with Crippen LogP contribution in [0.2, 0.25) is 0 Å². The number of hydrogen-bond acceptors (Lipinski definition) is 6. The molecule has 0 bridgehead atoms. The third kappa shape index (κ3) is 4.70. The van der Waals surface area contributed by atoms with Crippen LogP contribution in [0.25, 0.3) is 0 Å². The van der Waals surface area contributed by atoms with Crippen LogP contribution in [0.3, 0.4) is 0 Å². The molecule has 8 nitrogen and oxygen atoms in total. The monoisotopic (exact) mass is 478 g/mol. The summed E-state index contributed by atoms with van der Waals surface area (Å²) in [5, 5.41) is 0. The zero-order valence-electron chi connectivity index (χ0n) is 19.9. The fourth-order valence-corrected chi connectivity index (χ4v) is 5.15. The maximum Gasteiger partial charge on any atom is 0.257 e. The summed E-state index contributed by atoms with van der Waals surface area (Å²) < 4.78 is 16.4. The molecule has 2 heterocycles. The van der Waals surface area contributed by atoms with Crippen LogP contribution >= 0.6 is 0 Å². The maximum absolute atomic E-state index is 13.7. The molecule has 1 saturated carbocycles. The molecular formula is C27H30N2O6. The lowest BCUT2D eigenvalue weighted by atomic mass is 9.87. The van der Waals surface area contributed by atoms with Gasteiger partial charge >= 0.3 is 0 Å². The topological polar surface area (TPSA) is 85.4 Å². The number of rotatable bonds is 7. The van der Waals surface area contributed by atoms with Crippen LogP contribution in [0.1, 0.15) is 51.0 Å². The minimum absolute atomic E-state index is 0.0327. The molecule has 0 spiro atoms. The average Bonchev–Trinajstić information content (AvgIpc) is 3.46. The van der Waals surface area contributed by atoms with E-state index < -0.39 is 6.04 Å². The lowest BCUT2D eigenvalue weighted by Crippen LogP contribution is -2.47. The third-order valence-electron chi connectivity index (χ3n) is 6.93. The van der Waals surface area contributed by atoms with E-state index in [1.54, 1.807) is 29.2 Å². The molecule has 3 aliphatic rings. The zero-order chi connectivity index (χ0) is 24.4. The van der Waals surface area contributed by atoms with Crippen LogP contribution < -0.4 is 19.1 Å². The first-order chi connectivity index (χ1) is 17.0. The average molecular weight is 479 g/mol. The Morgan fingerprint density at radius 3 is 2.51 bits per heavy atom. The number of carbonyl (C=O) groups excluding carboxylic acids is 3. The van der Waals surface area contributed by atoms with E-state index in [2.05, 4.69) is 0 Å². The minimum atomic E-state index is -0.839. The predicted octanol–water partition coefficient (Wildman–Crippen LogP) is 4.06. The van der Waals surface area contributed by atoms with Crippen molar-refractivity contribution in [2.24, 2.45) is 5.92 Å². The van der Waals surface area contributed by atoms with Crippen molar-refractivity contribution in [3.05, 3.63) is 48.0 Å². The van der Waals surface area contributed by atoms with Crippen molar-refractivity contribution >= 4 is 23.4 Å². The van der Waals surface area contributed by atoms with E-state index in [1.165, 1.54) is 4.90 Å². The van der Waals surface area contributed by atoms with E-state index in [0.717, 1.165) is 37.7 Å². The van der Waals surface area contributed by atoms with Gasteiger partial charge in [0.2, 0.25) is 18.6 Å². The molecule has 0 radical (unpaired) electrons. The normalized spacial score (nSPS) is 19.8. The van der Waals surface area contributed by atoms with Crippen molar-refractivity contribution < 1.29 is 28.6 Å². The highest BCUT2D eigenvalue weighted by atomic mass is 16.7. The number of ether oxygens (including phenoxy) is 3. The summed E-state index contributed by atoms with van der Waals surface area (Å²) in [7, 11) is 0. The third-order valence-corrected chi connectivity index (χ3v) is 6.93. The number of hydrogen-bond donors (Lipinski definition) is 0. The van der Waals surface area contributed by atoms with Crippen LogP contribution in [0.15, 0.2) is 42.5 Å².